The van der Waals surface area contributed by atoms with Gasteiger partial charge in [-0.1, -0.05) is 0 Å². The zero-order chi connectivity index (χ0) is 15.1. The van der Waals surface area contributed by atoms with Crippen LogP contribution >= 0.6 is 11.3 Å². The first-order chi connectivity index (χ1) is 10.7. The van der Waals surface area contributed by atoms with Crippen molar-refractivity contribution in [3.8, 4) is 10.6 Å². The molecule has 0 radical (unpaired) electrons. The summed E-state index contributed by atoms with van der Waals surface area (Å²) >= 11 is 1.44. The highest BCUT2D eigenvalue weighted by molar-refractivity contribution is 7.17. The Labute approximate surface area is 132 Å². The van der Waals surface area contributed by atoms with E-state index >= 15 is 0 Å². The number of alkyl halides is 1. The van der Waals surface area contributed by atoms with Gasteiger partial charge in [0.2, 0.25) is 0 Å². The molecule has 3 heterocycles. The summed E-state index contributed by atoms with van der Waals surface area (Å²) in [6.07, 6.45) is 0.682. The maximum Gasteiger partial charge on any atom is 0.263 e. The minimum Gasteiger partial charge on any atom is -0.369 e. The Kier molecular flexibility index (Phi) is 3.33. The van der Waals surface area contributed by atoms with Gasteiger partial charge in [-0.2, -0.15) is 0 Å². The lowest BCUT2D eigenvalue weighted by molar-refractivity contribution is 0.0950. The van der Waals surface area contributed by atoms with E-state index in [0.29, 0.717) is 19.5 Å². The summed E-state index contributed by atoms with van der Waals surface area (Å²) in [5.74, 6) is -0.0207. The van der Waals surface area contributed by atoms with Gasteiger partial charge < -0.3 is 10.2 Å². The van der Waals surface area contributed by atoms with Crippen LogP contribution in [0.1, 0.15) is 21.8 Å². The number of fused-ring (bicyclic) bond motifs is 1. The summed E-state index contributed by atoms with van der Waals surface area (Å²) in [6.45, 7) is 1.91. The van der Waals surface area contributed by atoms with Gasteiger partial charge in [-0.15, -0.1) is 11.3 Å². The Hall–Kier alpha value is -1.95. The molecular weight excluding hydrogens is 301 g/mol. The minimum absolute atomic E-state index is 0.0207. The summed E-state index contributed by atoms with van der Waals surface area (Å²) < 4.78 is 13.3. The quantitative estimate of drug-likeness (QED) is 0.926. The van der Waals surface area contributed by atoms with Crippen molar-refractivity contribution in [2.24, 2.45) is 0 Å². The minimum atomic E-state index is -0.719. The molecule has 4 nitrogen and oxygen atoms in total. The third kappa shape index (κ3) is 2.37. The molecule has 22 heavy (non-hydrogen) atoms. The monoisotopic (exact) mass is 317 g/mol. The molecule has 1 saturated heterocycles. The lowest BCUT2D eigenvalue weighted by Gasteiger charge is -2.17. The average Bonchev–Trinajstić information content (AvgIpc) is 3.15. The number of carbonyl (C=O) groups excluding carboxylic acids is 1. The molecule has 0 unspecified atom stereocenters. The Morgan fingerprint density at radius 1 is 1.32 bits per heavy atom. The standard InChI is InChI=1S/C16H16FN3OS/c17-11-6-8-20(9-11)12-3-1-10(2-4-12)16-19-13-5-7-18-15(21)14(13)22-16/h1-4,11H,5-9H2,(H,18,21)/t11-/m1/s1. The zero-order valence-corrected chi connectivity index (χ0v) is 12.8. The average molecular weight is 317 g/mol. The molecule has 0 saturated carbocycles. The van der Waals surface area contributed by atoms with Crippen LogP contribution in [0.15, 0.2) is 24.3 Å². The SMILES string of the molecule is O=C1NCCc2nc(-c3ccc(N4CC[C@@H](F)C4)cc3)sc21. The number of amides is 1. The molecule has 2 aliphatic heterocycles. The van der Waals surface area contributed by atoms with E-state index in [2.05, 4.69) is 15.2 Å². The largest absolute Gasteiger partial charge is 0.369 e. The number of halogens is 1. The van der Waals surface area contributed by atoms with Gasteiger partial charge in [0.1, 0.15) is 16.1 Å². The Morgan fingerprint density at radius 3 is 2.82 bits per heavy atom. The summed E-state index contributed by atoms with van der Waals surface area (Å²) in [6, 6.07) is 8.02. The van der Waals surface area contributed by atoms with Crippen LogP contribution in [0.5, 0.6) is 0 Å². The molecule has 6 heteroatoms. The van der Waals surface area contributed by atoms with Gasteiger partial charge in [0.15, 0.2) is 0 Å². The molecule has 0 spiro atoms. The van der Waals surface area contributed by atoms with E-state index in [4.69, 9.17) is 0 Å². The molecule has 1 atom stereocenters. The summed E-state index contributed by atoms with van der Waals surface area (Å²) in [4.78, 5) is 19.2. The summed E-state index contributed by atoms with van der Waals surface area (Å²) in [5, 5.41) is 3.72. The molecule has 4 rings (SSSR count). The van der Waals surface area contributed by atoms with Gasteiger partial charge in [-0.3, -0.25) is 4.79 Å². The van der Waals surface area contributed by atoms with Crippen LogP contribution in [-0.4, -0.2) is 36.7 Å². The fourth-order valence-corrected chi connectivity index (χ4v) is 4.00. The van der Waals surface area contributed by atoms with Crippen molar-refractivity contribution in [3.63, 3.8) is 0 Å². The number of nitrogens with zero attached hydrogens (tertiary/aromatic N) is 2. The summed E-state index contributed by atoms with van der Waals surface area (Å²) in [5.41, 5.74) is 2.95. The number of hydrogen-bond acceptors (Lipinski definition) is 4. The highest BCUT2D eigenvalue weighted by Crippen LogP contribution is 2.31. The first kappa shape index (κ1) is 13.7. The first-order valence-electron chi connectivity index (χ1n) is 7.48. The molecule has 1 aromatic heterocycles. The number of nitrogens with one attached hydrogen (secondary N) is 1. The predicted octanol–water partition coefficient (Wildman–Crippen LogP) is 2.64. The molecule has 0 bridgehead atoms. The van der Waals surface area contributed by atoms with E-state index in [0.717, 1.165) is 39.8 Å². The number of anilines is 1. The smallest absolute Gasteiger partial charge is 0.263 e. The molecule has 1 fully saturated rings. The fourth-order valence-electron chi connectivity index (χ4n) is 2.96. The van der Waals surface area contributed by atoms with Crippen molar-refractivity contribution in [2.45, 2.75) is 19.0 Å². The van der Waals surface area contributed by atoms with Gasteiger partial charge in [0, 0.05) is 37.3 Å². The second kappa shape index (κ2) is 5.35. The third-order valence-corrected chi connectivity index (χ3v) is 5.31. The maximum absolute atomic E-state index is 13.3. The van der Waals surface area contributed by atoms with Crippen molar-refractivity contribution in [1.29, 1.82) is 0 Å². The van der Waals surface area contributed by atoms with Crippen LogP contribution in [-0.2, 0) is 6.42 Å². The van der Waals surface area contributed by atoms with Crippen LogP contribution in [0, 0.1) is 0 Å². The Balaban J connectivity index is 1.60. The number of benzene rings is 1. The van der Waals surface area contributed by atoms with E-state index in [1.165, 1.54) is 11.3 Å². The normalized spacial score (nSPS) is 20.9. The summed E-state index contributed by atoms with van der Waals surface area (Å²) in [7, 11) is 0. The lowest BCUT2D eigenvalue weighted by atomic mass is 10.2. The zero-order valence-electron chi connectivity index (χ0n) is 12.0. The van der Waals surface area contributed by atoms with Gasteiger partial charge >= 0.3 is 0 Å². The predicted molar refractivity (Wildman–Crippen MR) is 85.3 cm³/mol. The van der Waals surface area contributed by atoms with E-state index in [1.54, 1.807) is 0 Å². The van der Waals surface area contributed by atoms with Crippen molar-refractivity contribution in [2.75, 3.05) is 24.5 Å². The van der Waals surface area contributed by atoms with E-state index < -0.39 is 6.17 Å². The molecule has 2 aliphatic rings. The van der Waals surface area contributed by atoms with E-state index in [1.807, 2.05) is 24.3 Å². The van der Waals surface area contributed by atoms with Crippen LogP contribution in [0.25, 0.3) is 10.6 Å². The number of aromatic nitrogens is 1. The van der Waals surface area contributed by atoms with E-state index in [9.17, 15) is 9.18 Å². The fraction of sp³-hybridized carbons (Fsp3) is 0.375. The molecule has 0 aliphatic carbocycles. The third-order valence-electron chi connectivity index (χ3n) is 4.16. The highest BCUT2D eigenvalue weighted by Gasteiger charge is 2.23. The second-order valence-corrected chi connectivity index (χ2v) is 6.68. The van der Waals surface area contributed by atoms with Crippen molar-refractivity contribution in [3.05, 3.63) is 34.8 Å². The molecule has 1 aromatic carbocycles. The molecular formula is C16H16FN3OS. The Bertz CT molecular complexity index is 713. The number of rotatable bonds is 2. The number of hydrogen-bond donors (Lipinski definition) is 1. The number of carbonyl (C=O) groups is 1. The van der Waals surface area contributed by atoms with Crippen LogP contribution in [0.4, 0.5) is 10.1 Å². The topological polar surface area (TPSA) is 45.2 Å². The highest BCUT2D eigenvalue weighted by atomic mass is 32.1. The van der Waals surface area contributed by atoms with Gasteiger partial charge in [-0.25, -0.2) is 9.37 Å². The van der Waals surface area contributed by atoms with E-state index in [-0.39, 0.29) is 5.91 Å². The van der Waals surface area contributed by atoms with Crippen molar-refractivity contribution < 1.29 is 9.18 Å². The molecule has 1 N–H and O–H groups in total. The Morgan fingerprint density at radius 2 is 2.14 bits per heavy atom. The van der Waals surface area contributed by atoms with Crippen molar-refractivity contribution >= 4 is 22.9 Å². The van der Waals surface area contributed by atoms with Gasteiger partial charge in [0.25, 0.3) is 5.91 Å². The van der Waals surface area contributed by atoms with Gasteiger partial charge in [-0.05, 0) is 30.7 Å². The van der Waals surface area contributed by atoms with Gasteiger partial charge in [0.05, 0.1) is 5.69 Å². The lowest BCUT2D eigenvalue weighted by Crippen LogP contribution is -2.30. The van der Waals surface area contributed by atoms with Crippen molar-refractivity contribution in [1.82, 2.24) is 10.3 Å². The van der Waals surface area contributed by atoms with Crippen LogP contribution in [0.2, 0.25) is 0 Å². The molecule has 2 aromatic rings. The second-order valence-electron chi connectivity index (χ2n) is 5.68. The number of thiazole rings is 1. The maximum atomic E-state index is 13.3. The first-order valence-corrected chi connectivity index (χ1v) is 8.30. The molecule has 114 valence electrons. The van der Waals surface area contributed by atoms with Crippen LogP contribution in [0.3, 0.4) is 0 Å². The molecule has 1 amide bonds. The van der Waals surface area contributed by atoms with Crippen LogP contribution < -0.4 is 10.2 Å².